The lowest BCUT2D eigenvalue weighted by Gasteiger charge is -1.31. The Morgan fingerprint density at radius 1 is 1.86 bits per heavy atom. The quantitative estimate of drug-likeness (QED) is 0.272. The summed E-state index contributed by atoms with van der Waals surface area (Å²) in [7, 11) is 0. The molecule has 0 aromatic rings. The van der Waals surface area contributed by atoms with Gasteiger partial charge in [0.15, 0.2) is 0 Å². The van der Waals surface area contributed by atoms with E-state index < -0.39 is 0 Å². The topological polar surface area (TPSA) is 64.7 Å². The summed E-state index contributed by atoms with van der Waals surface area (Å²) in [4.78, 5) is 8.35. The molecule has 1 N–H and O–H groups in total. The highest BCUT2D eigenvalue weighted by Gasteiger charge is 1.34. The van der Waals surface area contributed by atoms with E-state index in [4.69, 9.17) is 15.5 Å². The second-order valence-corrected chi connectivity index (χ2v) is 0.435. The molecule has 0 atom stereocenters. The van der Waals surface area contributed by atoms with Crippen LogP contribution >= 0.6 is 0 Å². The van der Waals surface area contributed by atoms with E-state index in [0.717, 1.165) is 6.08 Å². The minimum atomic E-state index is 0.750. The summed E-state index contributed by atoms with van der Waals surface area (Å²) < 4.78 is 0. The minimum Gasteiger partial charge on any atom is -0.222 e. The van der Waals surface area contributed by atoms with Gasteiger partial charge in [0.2, 0.25) is 6.08 Å². The van der Waals surface area contributed by atoms with Gasteiger partial charge < -0.3 is 0 Å². The van der Waals surface area contributed by atoms with E-state index >= 15 is 0 Å². The van der Waals surface area contributed by atoms with Crippen LogP contribution in [-0.4, -0.2) is 6.08 Å². The Bertz CT molecular complexity index is 105. The first-order chi connectivity index (χ1) is 3.33. The Balaban J connectivity index is 0. The molecule has 0 rings (SSSR count). The zero-order valence-corrected chi connectivity index (χ0v) is 3.64. The Morgan fingerprint density at radius 2 is 2.00 bits per heavy atom. The molecule has 3 heteroatoms. The Labute approximate surface area is 41.4 Å². The average Bonchev–Trinajstić information content (AvgIpc) is 1.69. The highest BCUT2D eigenvalue weighted by Crippen LogP contribution is 1.41. The molecule has 0 unspecified atom stereocenters. The monoisotopic (exact) mass is 96.0 g/mol. The van der Waals surface area contributed by atoms with Crippen molar-refractivity contribution < 1.29 is 4.79 Å². The van der Waals surface area contributed by atoms with Crippen molar-refractivity contribution in [2.24, 2.45) is 0 Å². The fourth-order valence-corrected chi connectivity index (χ4v) is 0. The van der Waals surface area contributed by atoms with E-state index in [1.165, 1.54) is 6.08 Å². The highest BCUT2D eigenvalue weighted by molar-refractivity contribution is 5.26. The number of nitrogens with zero attached hydrogens (tertiary/aromatic N) is 1. The van der Waals surface area contributed by atoms with Crippen molar-refractivity contribution in [3.8, 4) is 6.07 Å². The molecule has 0 radical (unpaired) electrons. The van der Waals surface area contributed by atoms with Gasteiger partial charge in [0.25, 0.3) is 0 Å². The van der Waals surface area contributed by atoms with Gasteiger partial charge in [-0.2, -0.15) is 5.26 Å². The maximum Gasteiger partial charge on any atom is 0.231 e. The van der Waals surface area contributed by atoms with Crippen LogP contribution in [0.25, 0.3) is 0 Å². The predicted octanol–water partition coefficient (Wildman–Crippen LogP) is 0.597. The maximum absolute atomic E-state index is 8.35. The average molecular weight is 96.1 g/mol. The first kappa shape index (κ1) is 9.15. The fourth-order valence-electron chi connectivity index (χ4n) is 0. The SMILES string of the molecule is C=CC#N.N=C=O. The molecule has 0 aromatic heterocycles. The van der Waals surface area contributed by atoms with Gasteiger partial charge in [-0.25, -0.2) is 10.2 Å². The second kappa shape index (κ2) is 23.2. The number of allylic oxidation sites excluding steroid dienone is 1. The van der Waals surface area contributed by atoms with Crippen LogP contribution in [0.5, 0.6) is 0 Å². The van der Waals surface area contributed by atoms with Crippen LogP contribution in [0.3, 0.4) is 0 Å². The van der Waals surface area contributed by atoms with Crippen LogP contribution in [0.2, 0.25) is 0 Å². The molecule has 0 heterocycles. The van der Waals surface area contributed by atoms with Crippen LogP contribution < -0.4 is 0 Å². The number of hydrogen-bond acceptors (Lipinski definition) is 3. The fraction of sp³-hybridized carbons (Fsp3) is 0. The van der Waals surface area contributed by atoms with Crippen molar-refractivity contribution in [3.05, 3.63) is 12.7 Å². The molecule has 0 aromatic carbocycles. The van der Waals surface area contributed by atoms with Crippen molar-refractivity contribution in [1.29, 1.82) is 10.7 Å². The minimum absolute atomic E-state index is 0.750. The Hall–Kier alpha value is -1.39. The predicted molar refractivity (Wildman–Crippen MR) is 24.2 cm³/mol. The van der Waals surface area contributed by atoms with E-state index in [1.54, 1.807) is 6.07 Å². The van der Waals surface area contributed by atoms with Crippen LogP contribution in [0.15, 0.2) is 12.7 Å². The number of nitrogens with one attached hydrogen (secondary N) is 1. The number of nitriles is 1. The molecular formula is C4H4N2O. The summed E-state index contributed by atoms with van der Waals surface area (Å²) in [5.74, 6) is 0. The van der Waals surface area contributed by atoms with Gasteiger partial charge >= 0.3 is 0 Å². The number of isocyanates is 1. The van der Waals surface area contributed by atoms with Gasteiger partial charge in [0, 0.05) is 6.08 Å². The third kappa shape index (κ3) is 206. The second-order valence-electron chi connectivity index (χ2n) is 0.435. The van der Waals surface area contributed by atoms with E-state index in [9.17, 15) is 0 Å². The zero-order valence-electron chi connectivity index (χ0n) is 3.64. The van der Waals surface area contributed by atoms with Crippen LogP contribution in [-0.2, 0) is 4.79 Å². The van der Waals surface area contributed by atoms with Crippen molar-refractivity contribution in [3.63, 3.8) is 0 Å². The summed E-state index contributed by atoms with van der Waals surface area (Å²) in [6, 6.07) is 1.69. The summed E-state index contributed by atoms with van der Waals surface area (Å²) in [6.45, 7) is 3.12. The molecule has 0 fully saturated rings. The molecule has 0 spiro atoms. The van der Waals surface area contributed by atoms with Gasteiger partial charge in [-0.1, -0.05) is 6.58 Å². The van der Waals surface area contributed by atoms with E-state index in [2.05, 4.69) is 6.58 Å². The van der Waals surface area contributed by atoms with Crippen LogP contribution in [0.1, 0.15) is 0 Å². The third-order valence-corrected chi connectivity index (χ3v) is 0.0913. The molecule has 36 valence electrons. The summed E-state index contributed by atoms with van der Waals surface area (Å²) in [5, 5.41) is 12.9. The third-order valence-electron chi connectivity index (χ3n) is 0.0913. The highest BCUT2D eigenvalue weighted by atomic mass is 16.1. The van der Waals surface area contributed by atoms with Gasteiger partial charge in [0.05, 0.1) is 6.07 Å². The lowest BCUT2D eigenvalue weighted by atomic mass is 10.8. The lowest BCUT2D eigenvalue weighted by molar-refractivity contribution is 0.563. The van der Waals surface area contributed by atoms with Gasteiger partial charge in [0.1, 0.15) is 0 Å². The molecule has 3 nitrogen and oxygen atoms in total. The van der Waals surface area contributed by atoms with Crippen LogP contribution in [0, 0.1) is 16.7 Å². The van der Waals surface area contributed by atoms with Crippen molar-refractivity contribution in [2.75, 3.05) is 0 Å². The number of rotatable bonds is 0. The maximum atomic E-state index is 8.35. The van der Waals surface area contributed by atoms with Gasteiger partial charge in [-0.15, -0.1) is 0 Å². The molecule has 0 bridgehead atoms. The molecule has 0 amide bonds. The van der Waals surface area contributed by atoms with E-state index in [-0.39, 0.29) is 0 Å². The van der Waals surface area contributed by atoms with E-state index in [1.807, 2.05) is 0 Å². The summed E-state index contributed by atoms with van der Waals surface area (Å²) in [6.07, 6.45) is 1.93. The van der Waals surface area contributed by atoms with Crippen LogP contribution in [0.4, 0.5) is 0 Å². The lowest BCUT2D eigenvalue weighted by Crippen LogP contribution is -1.23. The normalized spacial score (nSPS) is 3.29. The smallest absolute Gasteiger partial charge is 0.222 e. The summed E-state index contributed by atoms with van der Waals surface area (Å²) >= 11 is 0. The number of carbonyl (C=O) groups excluding carboxylic acids is 1. The van der Waals surface area contributed by atoms with E-state index in [0.29, 0.717) is 0 Å². The standard InChI is InChI=1S/C3H3N.CHNO/c1-2-3-4;2-1-3/h2H,1H2;2H. The molecular weight excluding hydrogens is 92.1 g/mol. The summed E-state index contributed by atoms with van der Waals surface area (Å²) in [5.41, 5.74) is 0. The van der Waals surface area contributed by atoms with Crippen molar-refractivity contribution in [2.45, 2.75) is 0 Å². The molecule has 0 aliphatic rings. The first-order valence-corrected chi connectivity index (χ1v) is 1.37. The molecule has 0 aliphatic heterocycles. The zero-order chi connectivity index (χ0) is 6.12. The molecule has 0 saturated carbocycles. The largest absolute Gasteiger partial charge is 0.231 e. The Kier molecular flexibility index (Phi) is 30.3. The first-order valence-electron chi connectivity index (χ1n) is 1.37. The number of hydrogen-bond donors (Lipinski definition) is 1. The van der Waals surface area contributed by atoms with Crippen molar-refractivity contribution in [1.82, 2.24) is 0 Å². The van der Waals surface area contributed by atoms with Gasteiger partial charge in [-0.3, -0.25) is 0 Å². The van der Waals surface area contributed by atoms with Gasteiger partial charge in [-0.05, 0) is 0 Å². The Morgan fingerprint density at radius 3 is 2.00 bits per heavy atom. The molecule has 0 saturated heterocycles. The molecule has 7 heavy (non-hydrogen) atoms. The van der Waals surface area contributed by atoms with Crippen molar-refractivity contribution >= 4 is 6.08 Å². The molecule has 0 aliphatic carbocycles.